The quantitative estimate of drug-likeness (QED) is 0.719. The van der Waals surface area contributed by atoms with Crippen LogP contribution in [0.25, 0.3) is 21.8 Å². The number of rotatable bonds is 4. The third kappa shape index (κ3) is 2.51. The molecule has 108 valence electrons. The van der Waals surface area contributed by atoms with Gasteiger partial charge >= 0.3 is 0 Å². The SMILES string of the molecule is CCCC(=O)Nc1cc(CC)cc2c1[nH]c1ccccc12. The monoisotopic (exact) mass is 280 g/mol. The van der Waals surface area contributed by atoms with E-state index in [0.717, 1.165) is 29.6 Å². The zero-order valence-electron chi connectivity index (χ0n) is 12.5. The molecule has 1 aromatic heterocycles. The number of aromatic amines is 1. The minimum absolute atomic E-state index is 0.0747. The lowest BCUT2D eigenvalue weighted by Gasteiger charge is -2.08. The summed E-state index contributed by atoms with van der Waals surface area (Å²) >= 11 is 0. The smallest absolute Gasteiger partial charge is 0.224 e. The van der Waals surface area contributed by atoms with E-state index in [2.05, 4.69) is 41.5 Å². The summed E-state index contributed by atoms with van der Waals surface area (Å²) in [7, 11) is 0. The predicted molar refractivity (Wildman–Crippen MR) is 88.7 cm³/mol. The summed E-state index contributed by atoms with van der Waals surface area (Å²) in [5.74, 6) is 0.0747. The predicted octanol–water partition coefficient (Wildman–Crippen LogP) is 4.62. The van der Waals surface area contributed by atoms with E-state index in [1.165, 1.54) is 16.3 Å². The van der Waals surface area contributed by atoms with Crippen molar-refractivity contribution in [3.05, 3.63) is 42.0 Å². The maximum absolute atomic E-state index is 11.9. The molecule has 3 nitrogen and oxygen atoms in total. The Hall–Kier alpha value is -2.29. The highest BCUT2D eigenvalue weighted by molar-refractivity contribution is 6.13. The van der Waals surface area contributed by atoms with Crippen molar-refractivity contribution in [2.75, 3.05) is 5.32 Å². The molecule has 0 saturated heterocycles. The molecular weight excluding hydrogens is 260 g/mol. The van der Waals surface area contributed by atoms with Crippen molar-refractivity contribution >= 4 is 33.4 Å². The van der Waals surface area contributed by atoms with Gasteiger partial charge in [-0.25, -0.2) is 0 Å². The molecule has 0 fully saturated rings. The van der Waals surface area contributed by atoms with Gasteiger partial charge in [-0.1, -0.05) is 32.0 Å². The van der Waals surface area contributed by atoms with E-state index < -0.39 is 0 Å². The number of anilines is 1. The zero-order valence-corrected chi connectivity index (χ0v) is 12.5. The molecule has 0 bridgehead atoms. The molecule has 0 spiro atoms. The summed E-state index contributed by atoms with van der Waals surface area (Å²) in [6.07, 6.45) is 2.36. The Bertz CT molecular complexity index is 801. The van der Waals surface area contributed by atoms with E-state index in [-0.39, 0.29) is 5.91 Å². The van der Waals surface area contributed by atoms with Gasteiger partial charge in [-0.2, -0.15) is 0 Å². The number of aryl methyl sites for hydroxylation is 1. The number of carbonyl (C=O) groups excluding carboxylic acids is 1. The fraction of sp³-hybridized carbons (Fsp3) is 0.278. The molecule has 0 aliphatic heterocycles. The molecule has 3 rings (SSSR count). The number of aromatic nitrogens is 1. The minimum atomic E-state index is 0.0747. The number of benzene rings is 2. The first-order chi connectivity index (χ1) is 10.2. The average Bonchev–Trinajstić information content (AvgIpc) is 2.86. The summed E-state index contributed by atoms with van der Waals surface area (Å²) in [6.45, 7) is 4.15. The van der Waals surface area contributed by atoms with Crippen LogP contribution in [0.15, 0.2) is 36.4 Å². The minimum Gasteiger partial charge on any atom is -0.353 e. The van der Waals surface area contributed by atoms with E-state index >= 15 is 0 Å². The second-order valence-corrected chi connectivity index (χ2v) is 5.39. The molecule has 3 aromatic rings. The standard InChI is InChI=1S/C18H20N2O/c1-3-7-17(21)19-16-11-12(4-2)10-14-13-8-5-6-9-15(13)20-18(14)16/h5-6,8-11,20H,3-4,7H2,1-2H3,(H,19,21). The van der Waals surface area contributed by atoms with Gasteiger partial charge in [0.15, 0.2) is 0 Å². The maximum Gasteiger partial charge on any atom is 0.224 e. The second-order valence-electron chi connectivity index (χ2n) is 5.39. The number of hydrogen-bond donors (Lipinski definition) is 2. The number of amides is 1. The van der Waals surface area contributed by atoms with Crippen molar-refractivity contribution < 1.29 is 4.79 Å². The van der Waals surface area contributed by atoms with Crippen LogP contribution in [-0.2, 0) is 11.2 Å². The van der Waals surface area contributed by atoms with E-state index in [1.54, 1.807) is 0 Å². The molecule has 1 amide bonds. The highest BCUT2D eigenvalue weighted by Gasteiger charge is 2.11. The lowest BCUT2D eigenvalue weighted by Crippen LogP contribution is -2.11. The van der Waals surface area contributed by atoms with Crippen molar-refractivity contribution in [3.8, 4) is 0 Å². The first kappa shape index (κ1) is 13.7. The van der Waals surface area contributed by atoms with Crippen molar-refractivity contribution in [1.82, 2.24) is 4.98 Å². The molecule has 2 aromatic carbocycles. The molecule has 0 aliphatic rings. The fourth-order valence-electron chi connectivity index (χ4n) is 2.75. The third-order valence-electron chi connectivity index (χ3n) is 3.83. The fourth-order valence-corrected chi connectivity index (χ4v) is 2.75. The van der Waals surface area contributed by atoms with Crippen LogP contribution < -0.4 is 5.32 Å². The van der Waals surface area contributed by atoms with Crippen LogP contribution in [0.4, 0.5) is 5.69 Å². The van der Waals surface area contributed by atoms with Crippen LogP contribution in [0.3, 0.4) is 0 Å². The number of carbonyl (C=O) groups is 1. The van der Waals surface area contributed by atoms with Crippen molar-refractivity contribution in [2.45, 2.75) is 33.1 Å². The molecular formula is C18H20N2O. The van der Waals surface area contributed by atoms with E-state index in [9.17, 15) is 4.79 Å². The Balaban J connectivity index is 2.19. The summed E-state index contributed by atoms with van der Waals surface area (Å²) in [5, 5.41) is 5.43. The molecule has 2 N–H and O–H groups in total. The van der Waals surface area contributed by atoms with Crippen molar-refractivity contribution in [3.63, 3.8) is 0 Å². The molecule has 0 aliphatic carbocycles. The average molecular weight is 280 g/mol. The van der Waals surface area contributed by atoms with Crippen LogP contribution in [0.5, 0.6) is 0 Å². The van der Waals surface area contributed by atoms with Crippen molar-refractivity contribution in [2.24, 2.45) is 0 Å². The summed E-state index contributed by atoms with van der Waals surface area (Å²) in [5.41, 5.74) is 4.24. The lowest BCUT2D eigenvalue weighted by atomic mass is 10.1. The molecule has 3 heteroatoms. The Labute approximate surface area is 124 Å². The van der Waals surface area contributed by atoms with E-state index in [1.807, 2.05) is 19.1 Å². The number of hydrogen-bond acceptors (Lipinski definition) is 1. The summed E-state index contributed by atoms with van der Waals surface area (Å²) in [4.78, 5) is 15.4. The molecule has 0 atom stereocenters. The Kier molecular flexibility index (Phi) is 3.65. The van der Waals surface area contributed by atoms with Crippen LogP contribution in [0.1, 0.15) is 32.3 Å². The number of nitrogens with one attached hydrogen (secondary N) is 2. The largest absolute Gasteiger partial charge is 0.353 e. The van der Waals surface area contributed by atoms with Gasteiger partial charge in [0, 0.05) is 22.7 Å². The first-order valence-electron chi connectivity index (χ1n) is 7.56. The van der Waals surface area contributed by atoms with Gasteiger partial charge < -0.3 is 10.3 Å². The lowest BCUT2D eigenvalue weighted by molar-refractivity contribution is -0.116. The first-order valence-corrected chi connectivity index (χ1v) is 7.56. The van der Waals surface area contributed by atoms with Crippen LogP contribution in [0, 0.1) is 0 Å². The Morgan fingerprint density at radius 3 is 2.71 bits per heavy atom. The van der Waals surface area contributed by atoms with Crippen LogP contribution in [0.2, 0.25) is 0 Å². The van der Waals surface area contributed by atoms with Gasteiger partial charge in [-0.05, 0) is 36.6 Å². The van der Waals surface area contributed by atoms with Gasteiger partial charge in [0.2, 0.25) is 5.91 Å². The zero-order chi connectivity index (χ0) is 14.8. The highest BCUT2D eigenvalue weighted by atomic mass is 16.1. The van der Waals surface area contributed by atoms with Gasteiger partial charge in [-0.3, -0.25) is 4.79 Å². The molecule has 1 heterocycles. The van der Waals surface area contributed by atoms with Gasteiger partial charge in [0.1, 0.15) is 0 Å². The number of fused-ring (bicyclic) bond motifs is 3. The topological polar surface area (TPSA) is 44.9 Å². The van der Waals surface area contributed by atoms with Crippen LogP contribution >= 0.6 is 0 Å². The van der Waals surface area contributed by atoms with E-state index in [4.69, 9.17) is 0 Å². The molecule has 0 saturated carbocycles. The summed E-state index contributed by atoms with van der Waals surface area (Å²) in [6, 6.07) is 12.5. The van der Waals surface area contributed by atoms with Crippen molar-refractivity contribution in [1.29, 1.82) is 0 Å². The third-order valence-corrected chi connectivity index (χ3v) is 3.83. The molecule has 0 unspecified atom stereocenters. The van der Waals surface area contributed by atoms with Gasteiger partial charge in [-0.15, -0.1) is 0 Å². The Morgan fingerprint density at radius 1 is 1.14 bits per heavy atom. The summed E-state index contributed by atoms with van der Waals surface area (Å²) < 4.78 is 0. The Morgan fingerprint density at radius 2 is 1.95 bits per heavy atom. The highest BCUT2D eigenvalue weighted by Crippen LogP contribution is 2.32. The molecule has 21 heavy (non-hydrogen) atoms. The number of H-pyrrole nitrogens is 1. The second kappa shape index (κ2) is 5.60. The normalized spacial score (nSPS) is 11.1. The van der Waals surface area contributed by atoms with Gasteiger partial charge in [0.25, 0.3) is 0 Å². The van der Waals surface area contributed by atoms with Crippen LogP contribution in [-0.4, -0.2) is 10.9 Å². The number of para-hydroxylation sites is 1. The maximum atomic E-state index is 11.9. The van der Waals surface area contributed by atoms with Gasteiger partial charge in [0.05, 0.1) is 11.2 Å². The van der Waals surface area contributed by atoms with E-state index in [0.29, 0.717) is 6.42 Å². The molecule has 0 radical (unpaired) electrons.